The van der Waals surface area contributed by atoms with E-state index in [1.807, 2.05) is 38.1 Å². The molecule has 0 fully saturated rings. The number of rotatable bonds is 8. The highest BCUT2D eigenvalue weighted by Gasteiger charge is 2.19. The Morgan fingerprint density at radius 2 is 1.62 bits per heavy atom. The monoisotopic (exact) mass is 354 g/mol. The number of carbonyl (C=O) groups excluding carboxylic acids is 1. The highest BCUT2D eigenvalue weighted by molar-refractivity contribution is 6.07. The third-order valence-corrected chi connectivity index (χ3v) is 4.79. The molecule has 0 spiro atoms. The summed E-state index contributed by atoms with van der Waals surface area (Å²) in [5, 5.41) is 25.8. The number of quaternary nitrogens is 1. The summed E-state index contributed by atoms with van der Waals surface area (Å²) in [6, 6.07) is 15.7. The Morgan fingerprint density at radius 3 is 2.12 bits per heavy atom. The predicted octanol–water partition coefficient (Wildman–Crippen LogP) is 0.883. The summed E-state index contributed by atoms with van der Waals surface area (Å²) < 4.78 is 2.11. The fourth-order valence-electron chi connectivity index (χ4n) is 3.60. The van der Waals surface area contributed by atoms with Gasteiger partial charge in [0.1, 0.15) is 18.7 Å². The Kier molecular flexibility index (Phi) is 5.59. The molecule has 1 heterocycles. The molecule has 0 amide bonds. The minimum absolute atomic E-state index is 0.267. The molecule has 5 nitrogen and oxygen atoms in total. The number of nitrogens with zero attached hydrogens (tertiary/aromatic N) is 1. The second-order valence-corrected chi connectivity index (χ2v) is 7.33. The molecule has 0 saturated heterocycles. The van der Waals surface area contributed by atoms with E-state index >= 15 is 0 Å². The normalized spacial score (nSPS) is 14.2. The highest BCUT2D eigenvalue weighted by Crippen LogP contribution is 2.28. The number of hydrogen-bond donors (Lipinski definition) is 2. The first kappa shape index (κ1) is 18.4. The molecule has 26 heavy (non-hydrogen) atoms. The number of carboxylic acid groups (broad SMARTS) is 1. The quantitative estimate of drug-likeness (QED) is 0.630. The summed E-state index contributed by atoms with van der Waals surface area (Å²) in [4.78, 5) is 11.3. The Morgan fingerprint density at radius 1 is 1.08 bits per heavy atom. The van der Waals surface area contributed by atoms with E-state index in [1.165, 1.54) is 0 Å². The summed E-state index contributed by atoms with van der Waals surface area (Å²) in [7, 11) is 0. The third kappa shape index (κ3) is 3.89. The second kappa shape index (κ2) is 7.89. The summed E-state index contributed by atoms with van der Waals surface area (Å²) in [6.07, 6.45) is -0.118. The van der Waals surface area contributed by atoms with Crippen LogP contribution < -0.4 is 10.4 Å². The molecule has 5 heteroatoms. The molecule has 0 aliphatic heterocycles. The van der Waals surface area contributed by atoms with Crippen LogP contribution in [0.15, 0.2) is 48.5 Å². The van der Waals surface area contributed by atoms with E-state index in [2.05, 4.69) is 28.8 Å². The molecule has 0 aliphatic carbocycles. The van der Waals surface area contributed by atoms with Gasteiger partial charge < -0.3 is 24.9 Å². The second-order valence-electron chi connectivity index (χ2n) is 7.33. The van der Waals surface area contributed by atoms with Gasteiger partial charge in [0.25, 0.3) is 0 Å². The van der Waals surface area contributed by atoms with Crippen molar-refractivity contribution in [2.75, 3.05) is 6.54 Å². The van der Waals surface area contributed by atoms with Crippen LogP contribution in [0.1, 0.15) is 20.3 Å². The molecule has 3 N–H and O–H groups in total. The molecule has 2 aromatic carbocycles. The minimum atomic E-state index is -1.07. The number of nitrogens with two attached hydrogens (primary N) is 1. The van der Waals surface area contributed by atoms with Crippen molar-refractivity contribution in [1.82, 2.24) is 4.57 Å². The number of aliphatic hydroxyl groups is 1. The molecule has 1 aromatic heterocycles. The summed E-state index contributed by atoms with van der Waals surface area (Å²) in [5.41, 5.74) is 2.15. The van der Waals surface area contributed by atoms with Crippen molar-refractivity contribution in [3.63, 3.8) is 0 Å². The van der Waals surface area contributed by atoms with Gasteiger partial charge >= 0.3 is 0 Å². The van der Waals surface area contributed by atoms with Crippen molar-refractivity contribution in [2.45, 2.75) is 39.0 Å². The number of carboxylic acids is 1. The molecule has 0 radical (unpaired) electrons. The largest absolute Gasteiger partial charge is 0.544 e. The molecular formula is C21H26N2O3. The maximum Gasteiger partial charge on any atom is 0.126 e. The van der Waals surface area contributed by atoms with Crippen molar-refractivity contribution in [2.24, 2.45) is 5.92 Å². The van der Waals surface area contributed by atoms with Crippen molar-refractivity contribution in [1.29, 1.82) is 0 Å². The van der Waals surface area contributed by atoms with Gasteiger partial charge in [0.05, 0.1) is 12.5 Å². The molecule has 3 aromatic rings. The van der Waals surface area contributed by atoms with E-state index in [0.717, 1.165) is 21.8 Å². The lowest BCUT2D eigenvalue weighted by molar-refractivity contribution is -0.690. The predicted molar refractivity (Wildman–Crippen MR) is 100 cm³/mol. The average molecular weight is 354 g/mol. The lowest BCUT2D eigenvalue weighted by Gasteiger charge is -2.20. The molecule has 0 bridgehead atoms. The first-order valence-electron chi connectivity index (χ1n) is 9.15. The van der Waals surface area contributed by atoms with Crippen LogP contribution in [0.4, 0.5) is 0 Å². The van der Waals surface area contributed by atoms with Crippen LogP contribution in [-0.2, 0) is 11.3 Å². The Hall–Kier alpha value is -2.37. The minimum Gasteiger partial charge on any atom is -0.544 e. The Bertz CT molecular complexity index is 847. The fraction of sp³-hybridized carbons (Fsp3) is 0.381. The number of aliphatic carboxylic acids is 1. The number of carbonyl (C=O) groups is 1. The zero-order valence-electron chi connectivity index (χ0n) is 15.3. The average Bonchev–Trinajstić information content (AvgIpc) is 2.93. The molecule has 0 unspecified atom stereocenters. The van der Waals surface area contributed by atoms with Crippen molar-refractivity contribution in [3.8, 4) is 0 Å². The zero-order valence-corrected chi connectivity index (χ0v) is 15.3. The number of para-hydroxylation sites is 2. The van der Waals surface area contributed by atoms with Gasteiger partial charge in [-0.1, -0.05) is 50.2 Å². The van der Waals surface area contributed by atoms with Crippen LogP contribution >= 0.6 is 0 Å². The van der Waals surface area contributed by atoms with Crippen LogP contribution in [0.5, 0.6) is 0 Å². The number of fused-ring (bicyclic) bond motifs is 3. The number of hydrogen-bond acceptors (Lipinski definition) is 3. The summed E-state index contributed by atoms with van der Waals surface area (Å²) in [5.74, 6) is -0.800. The van der Waals surface area contributed by atoms with Crippen molar-refractivity contribution < 1.29 is 20.3 Å². The van der Waals surface area contributed by atoms with Gasteiger partial charge in [-0.05, 0) is 18.1 Å². The van der Waals surface area contributed by atoms with Gasteiger partial charge in [0.2, 0.25) is 0 Å². The number of aromatic nitrogens is 1. The lowest BCUT2D eigenvalue weighted by Crippen LogP contribution is -2.94. The highest BCUT2D eigenvalue weighted by atomic mass is 16.4. The zero-order chi connectivity index (χ0) is 18.7. The smallest absolute Gasteiger partial charge is 0.126 e. The Labute approximate surface area is 153 Å². The van der Waals surface area contributed by atoms with Gasteiger partial charge in [-0.15, -0.1) is 0 Å². The van der Waals surface area contributed by atoms with E-state index < -0.39 is 18.1 Å². The third-order valence-electron chi connectivity index (χ3n) is 4.79. The lowest BCUT2D eigenvalue weighted by atomic mass is 10.0. The van der Waals surface area contributed by atoms with Crippen molar-refractivity contribution in [3.05, 3.63) is 48.5 Å². The number of benzene rings is 2. The first-order chi connectivity index (χ1) is 12.5. The van der Waals surface area contributed by atoms with Gasteiger partial charge in [0.15, 0.2) is 0 Å². The molecule has 2 atom stereocenters. The van der Waals surface area contributed by atoms with Gasteiger partial charge in [0, 0.05) is 28.2 Å². The van der Waals surface area contributed by atoms with Crippen LogP contribution in [0.3, 0.4) is 0 Å². The molecule has 138 valence electrons. The van der Waals surface area contributed by atoms with E-state index in [4.69, 9.17) is 0 Å². The van der Waals surface area contributed by atoms with E-state index in [-0.39, 0.29) is 5.92 Å². The molecule has 0 saturated carbocycles. The van der Waals surface area contributed by atoms with Crippen LogP contribution in [-0.4, -0.2) is 34.3 Å². The molecule has 3 rings (SSSR count). The Balaban J connectivity index is 1.78. The molecule has 0 aliphatic rings. The van der Waals surface area contributed by atoms with Gasteiger partial charge in [-0.3, -0.25) is 0 Å². The standard InChI is InChI=1S/C21H26N2O3/c1-14(2)11-18(21(25)26)22-12-15(24)13-23-19-9-5-3-7-16(19)17-8-4-6-10-20(17)23/h3-10,14-15,18,22,24H,11-13H2,1-2H3,(H,25,26)/t15-,18+/m1/s1. The topological polar surface area (TPSA) is 81.9 Å². The SMILES string of the molecule is CC(C)C[C@H]([NH2+]C[C@@H](O)Cn1c2ccccc2c2ccccc21)C(=O)[O-]. The summed E-state index contributed by atoms with van der Waals surface area (Å²) in [6.45, 7) is 4.72. The molecular weight excluding hydrogens is 328 g/mol. The summed E-state index contributed by atoms with van der Waals surface area (Å²) >= 11 is 0. The van der Waals surface area contributed by atoms with E-state index in [1.54, 1.807) is 5.32 Å². The van der Waals surface area contributed by atoms with Crippen LogP contribution in [0, 0.1) is 5.92 Å². The fourth-order valence-corrected chi connectivity index (χ4v) is 3.60. The van der Waals surface area contributed by atoms with Gasteiger partial charge in [-0.25, -0.2) is 0 Å². The van der Waals surface area contributed by atoms with Gasteiger partial charge in [-0.2, -0.15) is 0 Å². The van der Waals surface area contributed by atoms with Crippen LogP contribution in [0.2, 0.25) is 0 Å². The van der Waals surface area contributed by atoms with E-state index in [9.17, 15) is 15.0 Å². The first-order valence-corrected chi connectivity index (χ1v) is 9.15. The number of aliphatic hydroxyl groups excluding tert-OH is 1. The van der Waals surface area contributed by atoms with Crippen molar-refractivity contribution >= 4 is 27.8 Å². The van der Waals surface area contributed by atoms with Crippen LogP contribution in [0.25, 0.3) is 21.8 Å². The van der Waals surface area contributed by atoms with E-state index in [0.29, 0.717) is 19.5 Å². The maximum absolute atomic E-state index is 11.3. The maximum atomic E-state index is 11.3.